The molecule has 1 saturated heterocycles. The minimum absolute atomic E-state index is 0.530. The molecular weight excluding hydrogens is 162 g/mol. The molecular formula is C10H23N3. The van der Waals surface area contributed by atoms with Gasteiger partial charge in [-0.25, -0.2) is 0 Å². The van der Waals surface area contributed by atoms with E-state index in [0.29, 0.717) is 18.1 Å². The molecule has 13 heavy (non-hydrogen) atoms. The van der Waals surface area contributed by atoms with Gasteiger partial charge in [-0.15, -0.1) is 0 Å². The van der Waals surface area contributed by atoms with Crippen molar-refractivity contribution in [1.82, 2.24) is 16.0 Å². The van der Waals surface area contributed by atoms with Gasteiger partial charge in [-0.2, -0.15) is 0 Å². The molecule has 3 N–H and O–H groups in total. The molecule has 78 valence electrons. The van der Waals surface area contributed by atoms with Crippen molar-refractivity contribution in [2.45, 2.75) is 38.4 Å². The molecule has 0 spiro atoms. The van der Waals surface area contributed by atoms with E-state index in [1.807, 2.05) is 7.05 Å². The molecule has 0 aromatic heterocycles. The zero-order valence-electron chi connectivity index (χ0n) is 9.22. The van der Waals surface area contributed by atoms with Crippen LogP contribution < -0.4 is 16.0 Å². The molecule has 1 heterocycles. The molecule has 1 aliphatic rings. The van der Waals surface area contributed by atoms with Crippen molar-refractivity contribution in [3.05, 3.63) is 0 Å². The number of hydrogen-bond acceptors (Lipinski definition) is 3. The average Bonchev–Trinajstić information content (AvgIpc) is 2.25. The van der Waals surface area contributed by atoms with Gasteiger partial charge in [0.2, 0.25) is 0 Å². The normalized spacial score (nSPS) is 41.5. The van der Waals surface area contributed by atoms with Gasteiger partial charge < -0.3 is 16.0 Å². The second-order valence-electron chi connectivity index (χ2n) is 4.14. The van der Waals surface area contributed by atoms with Gasteiger partial charge in [0.25, 0.3) is 0 Å². The lowest BCUT2D eigenvalue weighted by Gasteiger charge is -2.32. The minimum Gasteiger partial charge on any atom is -0.315 e. The van der Waals surface area contributed by atoms with Crippen molar-refractivity contribution in [3.63, 3.8) is 0 Å². The third kappa shape index (κ3) is 2.42. The van der Waals surface area contributed by atoms with Gasteiger partial charge in [-0.05, 0) is 39.9 Å². The van der Waals surface area contributed by atoms with Crippen LogP contribution in [0.15, 0.2) is 0 Å². The molecule has 0 radical (unpaired) electrons. The smallest absolute Gasteiger partial charge is 0.0373 e. The van der Waals surface area contributed by atoms with Crippen LogP contribution in [0.1, 0.15) is 20.3 Å². The lowest BCUT2D eigenvalue weighted by molar-refractivity contribution is 0.298. The summed E-state index contributed by atoms with van der Waals surface area (Å²) in [5.74, 6) is 0.736. The summed E-state index contributed by atoms with van der Waals surface area (Å²) in [5, 5.41) is 10.4. The number of likely N-dealkylation sites (N-methyl/N-ethyl adjacent to an activating group) is 2. The van der Waals surface area contributed by atoms with Crippen molar-refractivity contribution in [3.8, 4) is 0 Å². The Hall–Kier alpha value is -0.120. The highest BCUT2D eigenvalue weighted by Crippen LogP contribution is 2.16. The monoisotopic (exact) mass is 185 g/mol. The summed E-state index contributed by atoms with van der Waals surface area (Å²) in [6.07, 6.45) is 1.26. The quantitative estimate of drug-likeness (QED) is 0.574. The molecule has 0 amide bonds. The fourth-order valence-corrected chi connectivity index (χ4v) is 2.40. The third-order valence-electron chi connectivity index (χ3n) is 3.27. The highest BCUT2D eigenvalue weighted by Gasteiger charge is 2.30. The van der Waals surface area contributed by atoms with E-state index in [9.17, 15) is 0 Å². The Balaban J connectivity index is 2.69. The van der Waals surface area contributed by atoms with E-state index in [1.165, 1.54) is 6.42 Å². The van der Waals surface area contributed by atoms with E-state index in [2.05, 4.69) is 36.8 Å². The molecule has 3 nitrogen and oxygen atoms in total. The van der Waals surface area contributed by atoms with Crippen LogP contribution in [0.5, 0.6) is 0 Å². The lowest BCUT2D eigenvalue weighted by atomic mass is 9.91. The topological polar surface area (TPSA) is 36.1 Å². The summed E-state index contributed by atoms with van der Waals surface area (Å²) in [5.41, 5.74) is 0. The van der Waals surface area contributed by atoms with Crippen molar-refractivity contribution >= 4 is 0 Å². The second kappa shape index (κ2) is 4.94. The molecule has 3 heteroatoms. The van der Waals surface area contributed by atoms with Crippen LogP contribution in [-0.4, -0.2) is 38.8 Å². The minimum atomic E-state index is 0.530. The van der Waals surface area contributed by atoms with Crippen LogP contribution in [0.3, 0.4) is 0 Å². The molecule has 0 aromatic carbocycles. The van der Waals surface area contributed by atoms with Gasteiger partial charge in [-0.1, -0.05) is 6.92 Å². The number of hydrogen-bond donors (Lipinski definition) is 3. The predicted molar refractivity (Wildman–Crippen MR) is 56.9 cm³/mol. The maximum atomic E-state index is 3.54. The Morgan fingerprint density at radius 2 is 1.69 bits per heavy atom. The fraction of sp³-hybridized carbons (Fsp3) is 1.00. The standard InChI is InChI=1S/C10H23N3/c1-7-5-6-13-8(2)10(12-4)9(7)11-3/h7-13H,5-6H2,1-4H3/t7?,8?,9?,10-/m0/s1. The van der Waals surface area contributed by atoms with Crippen LogP contribution in [0.25, 0.3) is 0 Å². The first kappa shape index (κ1) is 11.0. The Bertz CT molecular complexity index is 133. The first-order valence-electron chi connectivity index (χ1n) is 5.28. The van der Waals surface area contributed by atoms with Gasteiger partial charge >= 0.3 is 0 Å². The van der Waals surface area contributed by atoms with Crippen LogP contribution in [-0.2, 0) is 0 Å². The third-order valence-corrected chi connectivity index (χ3v) is 3.27. The molecule has 1 aliphatic heterocycles. The fourth-order valence-electron chi connectivity index (χ4n) is 2.40. The van der Waals surface area contributed by atoms with Crippen molar-refractivity contribution in [2.24, 2.45) is 5.92 Å². The summed E-state index contributed by atoms with van der Waals surface area (Å²) in [6, 6.07) is 1.66. The highest BCUT2D eigenvalue weighted by molar-refractivity contribution is 4.93. The van der Waals surface area contributed by atoms with Crippen molar-refractivity contribution in [2.75, 3.05) is 20.6 Å². The second-order valence-corrected chi connectivity index (χ2v) is 4.14. The molecule has 0 saturated carbocycles. The van der Waals surface area contributed by atoms with Crippen LogP contribution in [0.4, 0.5) is 0 Å². The van der Waals surface area contributed by atoms with Crippen LogP contribution in [0, 0.1) is 5.92 Å². The lowest BCUT2D eigenvalue weighted by Crippen LogP contribution is -2.55. The molecule has 0 bridgehead atoms. The van der Waals surface area contributed by atoms with E-state index < -0.39 is 0 Å². The Kier molecular flexibility index (Phi) is 4.16. The zero-order valence-corrected chi connectivity index (χ0v) is 9.22. The molecule has 4 atom stereocenters. The van der Waals surface area contributed by atoms with Gasteiger partial charge in [-0.3, -0.25) is 0 Å². The SMILES string of the molecule is CNC1C(C)CCNC(C)[C@@H]1NC. The predicted octanol–water partition coefficient (Wildman–Crippen LogP) is 0.180. The average molecular weight is 185 g/mol. The zero-order chi connectivity index (χ0) is 9.84. The van der Waals surface area contributed by atoms with Crippen molar-refractivity contribution in [1.29, 1.82) is 0 Å². The van der Waals surface area contributed by atoms with Gasteiger partial charge in [0.05, 0.1) is 0 Å². The number of nitrogens with one attached hydrogen (secondary N) is 3. The maximum Gasteiger partial charge on any atom is 0.0373 e. The maximum absolute atomic E-state index is 3.54. The van der Waals surface area contributed by atoms with E-state index in [0.717, 1.165) is 12.5 Å². The Labute approximate surface area is 81.7 Å². The summed E-state index contributed by atoms with van der Waals surface area (Å²) >= 11 is 0. The van der Waals surface area contributed by atoms with E-state index >= 15 is 0 Å². The summed E-state index contributed by atoms with van der Waals surface area (Å²) in [4.78, 5) is 0. The van der Waals surface area contributed by atoms with Gasteiger partial charge in [0.15, 0.2) is 0 Å². The highest BCUT2D eigenvalue weighted by atomic mass is 15.1. The van der Waals surface area contributed by atoms with E-state index in [-0.39, 0.29) is 0 Å². The molecule has 1 fully saturated rings. The van der Waals surface area contributed by atoms with Gasteiger partial charge in [0.1, 0.15) is 0 Å². The molecule has 3 unspecified atom stereocenters. The summed E-state index contributed by atoms with van der Waals surface area (Å²) in [7, 11) is 4.11. The summed E-state index contributed by atoms with van der Waals surface area (Å²) in [6.45, 7) is 5.72. The first-order chi connectivity index (χ1) is 6.20. The molecule has 1 rings (SSSR count). The van der Waals surface area contributed by atoms with Gasteiger partial charge in [0, 0.05) is 18.1 Å². The molecule has 0 aliphatic carbocycles. The number of rotatable bonds is 2. The van der Waals surface area contributed by atoms with E-state index in [1.54, 1.807) is 0 Å². The molecule has 0 aromatic rings. The van der Waals surface area contributed by atoms with Crippen LogP contribution in [0.2, 0.25) is 0 Å². The van der Waals surface area contributed by atoms with Crippen molar-refractivity contribution < 1.29 is 0 Å². The van der Waals surface area contributed by atoms with Crippen LogP contribution >= 0.6 is 0 Å². The largest absolute Gasteiger partial charge is 0.315 e. The Morgan fingerprint density at radius 1 is 1.08 bits per heavy atom. The first-order valence-corrected chi connectivity index (χ1v) is 5.28. The Morgan fingerprint density at radius 3 is 2.23 bits per heavy atom. The van der Waals surface area contributed by atoms with E-state index in [4.69, 9.17) is 0 Å². The summed E-state index contributed by atoms with van der Waals surface area (Å²) < 4.78 is 0.